The minimum absolute atomic E-state index is 0.258. The average Bonchev–Trinajstić information content (AvgIpc) is 2.41. The Balaban J connectivity index is 2.59. The number of halogens is 1. The number of rotatable bonds is 3. The summed E-state index contributed by atoms with van der Waals surface area (Å²) in [6.07, 6.45) is 19.4. The van der Waals surface area contributed by atoms with Crippen molar-refractivity contribution in [2.45, 2.75) is 56.1 Å². The number of alkyl halides is 1. The van der Waals surface area contributed by atoms with Crippen molar-refractivity contribution in [2.24, 2.45) is 0 Å². The molecule has 0 radical (unpaired) electrons. The summed E-state index contributed by atoms with van der Waals surface area (Å²) in [7, 11) is 0. The van der Waals surface area contributed by atoms with E-state index < -0.39 is 0 Å². The molecule has 0 bridgehead atoms. The Hall–Kier alpha value is -0.520. The lowest BCUT2D eigenvalue weighted by molar-refractivity contribution is -0.0109. The number of ether oxygens (including phenoxy) is 1. The zero-order chi connectivity index (χ0) is 12.5. The largest absolute Gasteiger partial charge is 0.373 e. The van der Waals surface area contributed by atoms with E-state index in [0.29, 0.717) is 10.9 Å². The molecule has 3 atom stereocenters. The van der Waals surface area contributed by atoms with Gasteiger partial charge in [0.05, 0.1) is 17.0 Å². The van der Waals surface area contributed by atoms with Gasteiger partial charge in [-0.3, -0.25) is 0 Å². The molecule has 0 aromatic carbocycles. The van der Waals surface area contributed by atoms with Gasteiger partial charge in [0, 0.05) is 0 Å². The number of terminal acetylenes is 1. The first-order valence-corrected chi connectivity index (χ1v) is 7.26. The van der Waals surface area contributed by atoms with Crippen LogP contribution in [0.2, 0.25) is 0 Å². The molecule has 1 aliphatic rings. The lowest BCUT2D eigenvalue weighted by Gasteiger charge is -2.25. The Morgan fingerprint density at radius 1 is 1.59 bits per heavy atom. The van der Waals surface area contributed by atoms with Crippen LogP contribution in [0.3, 0.4) is 0 Å². The zero-order valence-corrected chi connectivity index (χ0v) is 12.0. The smallest absolute Gasteiger partial charge is 0.0736 e. The summed E-state index contributed by atoms with van der Waals surface area (Å²) in [5, 5.41) is 0. The van der Waals surface area contributed by atoms with Gasteiger partial charge in [0.15, 0.2) is 0 Å². The first kappa shape index (κ1) is 14.5. The lowest BCUT2D eigenvalue weighted by atomic mass is 10.1. The van der Waals surface area contributed by atoms with Crippen LogP contribution in [0, 0.1) is 12.3 Å². The Kier molecular flexibility index (Phi) is 7.32. The molecule has 2 heteroatoms. The maximum atomic E-state index is 6.16. The van der Waals surface area contributed by atoms with Gasteiger partial charge in [0.2, 0.25) is 0 Å². The third-order valence-corrected chi connectivity index (χ3v) is 3.85. The molecule has 0 aromatic rings. The summed E-state index contributed by atoms with van der Waals surface area (Å²) in [5.74, 6) is 2.52. The SMILES string of the molecule is C#C/C=C\C[C@@H]1CCC/C=C\[C@H](Br)[C@H](CC)O1. The van der Waals surface area contributed by atoms with Crippen molar-refractivity contribution < 1.29 is 4.74 Å². The number of allylic oxidation sites excluding steroid dienone is 2. The standard InChI is InChI=1S/C15H21BrO/c1-3-5-7-10-13-11-8-6-9-12-14(16)15(4-2)17-13/h1,5,7,9,12-15H,4,6,8,10-11H2,2H3/b7-5-,12-9-/t13-,14+,15+/m1/s1. The van der Waals surface area contributed by atoms with Crippen LogP contribution in [-0.2, 0) is 4.74 Å². The molecule has 0 fully saturated rings. The van der Waals surface area contributed by atoms with Gasteiger partial charge in [0.25, 0.3) is 0 Å². The fourth-order valence-corrected chi connectivity index (χ4v) is 2.70. The van der Waals surface area contributed by atoms with Crippen molar-refractivity contribution in [3.8, 4) is 12.3 Å². The van der Waals surface area contributed by atoms with E-state index in [1.807, 2.05) is 6.08 Å². The summed E-state index contributed by atoms with van der Waals surface area (Å²) in [6.45, 7) is 2.17. The highest BCUT2D eigenvalue weighted by Crippen LogP contribution is 2.22. The molecular formula is C15H21BrO. The number of hydrogen-bond donors (Lipinski definition) is 0. The van der Waals surface area contributed by atoms with Gasteiger partial charge in [-0.2, -0.15) is 0 Å². The monoisotopic (exact) mass is 296 g/mol. The maximum Gasteiger partial charge on any atom is 0.0736 e. The van der Waals surface area contributed by atoms with Crippen LogP contribution in [0.25, 0.3) is 0 Å². The minimum atomic E-state index is 0.258. The van der Waals surface area contributed by atoms with Gasteiger partial charge in [-0.15, -0.1) is 6.42 Å². The third-order valence-electron chi connectivity index (χ3n) is 2.95. The first-order valence-electron chi connectivity index (χ1n) is 6.35. The summed E-state index contributed by atoms with van der Waals surface area (Å²) in [6, 6.07) is 0. The highest BCUT2D eigenvalue weighted by molar-refractivity contribution is 9.09. The second kappa shape index (κ2) is 8.55. The maximum absolute atomic E-state index is 6.16. The van der Waals surface area contributed by atoms with E-state index in [9.17, 15) is 0 Å². The van der Waals surface area contributed by atoms with Gasteiger partial charge in [-0.1, -0.05) is 47.0 Å². The predicted octanol–water partition coefficient (Wildman–Crippen LogP) is 4.23. The second-order valence-electron chi connectivity index (χ2n) is 4.31. The predicted molar refractivity (Wildman–Crippen MR) is 77.2 cm³/mol. The van der Waals surface area contributed by atoms with Crippen molar-refractivity contribution in [1.29, 1.82) is 0 Å². The van der Waals surface area contributed by atoms with E-state index in [0.717, 1.165) is 25.7 Å². The van der Waals surface area contributed by atoms with Gasteiger partial charge >= 0.3 is 0 Å². The highest BCUT2D eigenvalue weighted by atomic mass is 79.9. The van der Waals surface area contributed by atoms with Gasteiger partial charge in [0.1, 0.15) is 0 Å². The molecule has 0 N–H and O–H groups in total. The molecule has 0 saturated carbocycles. The Bertz CT molecular complexity index is 301. The van der Waals surface area contributed by atoms with Crippen molar-refractivity contribution in [3.63, 3.8) is 0 Å². The summed E-state index contributed by atoms with van der Waals surface area (Å²) >= 11 is 3.68. The van der Waals surface area contributed by atoms with E-state index in [4.69, 9.17) is 11.2 Å². The molecule has 94 valence electrons. The van der Waals surface area contributed by atoms with Crippen LogP contribution in [0.5, 0.6) is 0 Å². The van der Waals surface area contributed by atoms with E-state index in [1.165, 1.54) is 6.42 Å². The average molecular weight is 297 g/mol. The number of hydrogen-bond acceptors (Lipinski definition) is 1. The summed E-state index contributed by atoms with van der Waals surface area (Å²) in [5.41, 5.74) is 0. The van der Waals surface area contributed by atoms with Gasteiger partial charge in [-0.25, -0.2) is 0 Å². The molecule has 0 unspecified atom stereocenters. The molecule has 1 rings (SSSR count). The minimum Gasteiger partial charge on any atom is -0.373 e. The van der Waals surface area contributed by atoms with E-state index in [-0.39, 0.29) is 6.10 Å². The highest BCUT2D eigenvalue weighted by Gasteiger charge is 2.20. The molecular weight excluding hydrogens is 276 g/mol. The quantitative estimate of drug-likeness (QED) is 0.430. The molecule has 1 aliphatic heterocycles. The fourth-order valence-electron chi connectivity index (χ4n) is 1.99. The molecule has 0 amide bonds. The Morgan fingerprint density at radius 2 is 2.41 bits per heavy atom. The summed E-state index contributed by atoms with van der Waals surface area (Å²) < 4.78 is 6.16. The molecule has 0 spiro atoms. The Morgan fingerprint density at radius 3 is 3.12 bits per heavy atom. The van der Waals surface area contributed by atoms with Gasteiger partial charge < -0.3 is 4.74 Å². The Labute approximate surface area is 113 Å². The van der Waals surface area contributed by atoms with E-state index >= 15 is 0 Å². The van der Waals surface area contributed by atoms with E-state index in [1.54, 1.807) is 6.08 Å². The van der Waals surface area contributed by atoms with Crippen molar-refractivity contribution >= 4 is 15.9 Å². The van der Waals surface area contributed by atoms with Crippen LogP contribution in [0.15, 0.2) is 24.3 Å². The molecule has 17 heavy (non-hydrogen) atoms. The fraction of sp³-hybridized carbons (Fsp3) is 0.600. The topological polar surface area (TPSA) is 9.23 Å². The van der Waals surface area contributed by atoms with E-state index in [2.05, 4.69) is 40.9 Å². The van der Waals surface area contributed by atoms with Crippen LogP contribution in [-0.4, -0.2) is 17.0 Å². The molecule has 1 heterocycles. The third kappa shape index (κ3) is 5.57. The molecule has 0 saturated heterocycles. The van der Waals surface area contributed by atoms with Crippen LogP contribution < -0.4 is 0 Å². The van der Waals surface area contributed by atoms with Crippen molar-refractivity contribution in [3.05, 3.63) is 24.3 Å². The summed E-state index contributed by atoms with van der Waals surface area (Å²) in [4.78, 5) is 0.324. The van der Waals surface area contributed by atoms with Crippen LogP contribution in [0.4, 0.5) is 0 Å². The van der Waals surface area contributed by atoms with Crippen molar-refractivity contribution in [2.75, 3.05) is 0 Å². The first-order chi connectivity index (χ1) is 8.27. The lowest BCUT2D eigenvalue weighted by Crippen LogP contribution is -2.27. The van der Waals surface area contributed by atoms with Crippen LogP contribution in [0.1, 0.15) is 39.0 Å². The van der Waals surface area contributed by atoms with Crippen LogP contribution >= 0.6 is 15.9 Å². The molecule has 0 aromatic heterocycles. The molecule has 0 aliphatic carbocycles. The van der Waals surface area contributed by atoms with Gasteiger partial charge in [-0.05, 0) is 38.2 Å². The second-order valence-corrected chi connectivity index (χ2v) is 5.37. The normalized spacial score (nSPS) is 32.4. The molecule has 1 nitrogen and oxygen atoms in total. The van der Waals surface area contributed by atoms with Crippen molar-refractivity contribution in [1.82, 2.24) is 0 Å². The zero-order valence-electron chi connectivity index (χ0n) is 10.4.